The molecule has 0 unspecified atom stereocenters. The molecule has 0 bridgehead atoms. The van der Waals surface area contributed by atoms with E-state index in [-0.39, 0.29) is 46.3 Å². The Kier molecular flexibility index (Phi) is 4.98. The number of allylic oxidation sites excluding steroid dienone is 4. The number of fused-ring (bicyclic) bond motifs is 1. The molecule has 0 aromatic carbocycles. The van der Waals surface area contributed by atoms with Crippen LogP contribution in [0.25, 0.3) is 0 Å². The minimum atomic E-state index is -0.672. The van der Waals surface area contributed by atoms with E-state index in [4.69, 9.17) is 0 Å². The van der Waals surface area contributed by atoms with Crippen LogP contribution >= 0.6 is 0 Å². The van der Waals surface area contributed by atoms with Crippen molar-refractivity contribution in [2.75, 3.05) is 6.61 Å². The van der Waals surface area contributed by atoms with Gasteiger partial charge in [0.2, 0.25) is 5.78 Å². The van der Waals surface area contributed by atoms with Crippen LogP contribution < -0.4 is 0 Å². The third-order valence-electron chi connectivity index (χ3n) is 7.53. The Morgan fingerprint density at radius 3 is 2.52 bits per heavy atom. The highest BCUT2D eigenvalue weighted by Crippen LogP contribution is 2.62. The van der Waals surface area contributed by atoms with Crippen LogP contribution in [0.1, 0.15) is 52.9 Å². The van der Waals surface area contributed by atoms with Crippen LogP contribution in [-0.2, 0) is 9.59 Å². The summed E-state index contributed by atoms with van der Waals surface area (Å²) in [5, 5.41) is 30.1. The highest BCUT2D eigenvalue weighted by Gasteiger charge is 2.56. The summed E-state index contributed by atoms with van der Waals surface area (Å²) in [7, 11) is 0. The van der Waals surface area contributed by atoms with Gasteiger partial charge in [0.1, 0.15) is 0 Å². The normalized spacial score (nSPS) is 36.6. The minimum absolute atomic E-state index is 0.0407. The second-order valence-corrected chi connectivity index (χ2v) is 9.24. The number of carbonyl (C=O) groups excluding carboxylic acids is 2. The molecule has 0 saturated heterocycles. The van der Waals surface area contributed by atoms with E-state index in [0.717, 1.165) is 30.9 Å². The van der Waals surface area contributed by atoms with Crippen molar-refractivity contribution in [1.82, 2.24) is 0 Å². The largest absolute Gasteiger partial charge is 0.504 e. The van der Waals surface area contributed by atoms with E-state index in [1.165, 1.54) is 0 Å². The second kappa shape index (κ2) is 6.71. The number of carbonyl (C=O) groups is 2. The van der Waals surface area contributed by atoms with Crippen LogP contribution in [0.4, 0.5) is 0 Å². The van der Waals surface area contributed by atoms with Gasteiger partial charge >= 0.3 is 0 Å². The van der Waals surface area contributed by atoms with Crippen LogP contribution in [0.3, 0.4) is 0 Å². The molecule has 0 aromatic rings. The predicted octanol–water partition coefficient (Wildman–Crippen LogP) is 3.03. The lowest BCUT2D eigenvalue weighted by Gasteiger charge is -2.59. The lowest BCUT2D eigenvalue weighted by Crippen LogP contribution is -2.54. The molecule has 2 saturated carbocycles. The molecular formula is C22H30O5. The van der Waals surface area contributed by atoms with E-state index in [2.05, 4.69) is 27.4 Å². The average molecular weight is 374 g/mol. The Labute approximate surface area is 160 Å². The maximum absolute atomic E-state index is 12.5. The van der Waals surface area contributed by atoms with Gasteiger partial charge in [0.05, 0.1) is 12.7 Å². The fraction of sp³-hybridized carbons (Fsp3) is 0.636. The minimum Gasteiger partial charge on any atom is -0.504 e. The molecule has 5 heteroatoms. The van der Waals surface area contributed by atoms with Crippen molar-refractivity contribution < 1.29 is 24.9 Å². The number of Topliss-reactive ketones (excluding diaryl/α,β-unsaturated/α-hetero) is 1. The molecule has 3 rings (SSSR count). The monoisotopic (exact) mass is 374 g/mol. The summed E-state index contributed by atoms with van der Waals surface area (Å²) in [4.78, 5) is 24.7. The molecule has 0 aliphatic heterocycles. The first kappa shape index (κ1) is 20.0. The van der Waals surface area contributed by atoms with Crippen molar-refractivity contribution in [3.63, 3.8) is 0 Å². The molecule has 0 aromatic heterocycles. The standard InChI is InChI=1S/C22H30O5/c1-12-5-6-17-21(2,3)18(25)7-8-22(17,4)15(12)10-14-16(24)9-13(11-23)19(26)20(14)27/h9,15,17-18,23,25,27H,1,5-8,10-11H2,2-4H3/t15-,17-,18+,22-/m0/s1. The first-order valence-corrected chi connectivity index (χ1v) is 9.72. The summed E-state index contributed by atoms with van der Waals surface area (Å²) in [5.74, 6) is -1.40. The number of aliphatic hydroxyl groups is 3. The second-order valence-electron chi connectivity index (χ2n) is 9.24. The van der Waals surface area contributed by atoms with E-state index in [0.29, 0.717) is 6.42 Å². The molecule has 3 N–H and O–H groups in total. The van der Waals surface area contributed by atoms with Gasteiger partial charge in [-0.15, -0.1) is 0 Å². The molecule has 5 nitrogen and oxygen atoms in total. The number of rotatable bonds is 3. The van der Waals surface area contributed by atoms with Crippen LogP contribution in [0.15, 0.2) is 35.1 Å². The molecule has 3 aliphatic carbocycles. The van der Waals surface area contributed by atoms with Crippen molar-refractivity contribution in [1.29, 1.82) is 0 Å². The summed E-state index contributed by atoms with van der Waals surface area (Å²) in [6.07, 6.45) is 4.32. The van der Waals surface area contributed by atoms with Gasteiger partial charge in [0.25, 0.3) is 0 Å². The fourth-order valence-electron chi connectivity index (χ4n) is 5.78. The van der Waals surface area contributed by atoms with E-state index < -0.39 is 23.9 Å². The van der Waals surface area contributed by atoms with Gasteiger partial charge in [-0.1, -0.05) is 32.9 Å². The van der Waals surface area contributed by atoms with Gasteiger partial charge in [-0.3, -0.25) is 9.59 Å². The van der Waals surface area contributed by atoms with Gasteiger partial charge in [0, 0.05) is 11.1 Å². The number of ketones is 2. The summed E-state index contributed by atoms with van der Waals surface area (Å²) in [5.41, 5.74) is 0.691. The fourth-order valence-corrected chi connectivity index (χ4v) is 5.78. The summed E-state index contributed by atoms with van der Waals surface area (Å²) in [6.45, 7) is 10.1. The molecule has 2 fully saturated rings. The summed E-state index contributed by atoms with van der Waals surface area (Å²) in [6, 6.07) is 0. The molecule has 148 valence electrons. The molecule has 27 heavy (non-hydrogen) atoms. The molecular weight excluding hydrogens is 344 g/mol. The smallest absolute Gasteiger partial charge is 0.226 e. The lowest BCUT2D eigenvalue weighted by atomic mass is 9.46. The Bertz CT molecular complexity index is 757. The molecule has 0 radical (unpaired) electrons. The van der Waals surface area contributed by atoms with E-state index in [1.54, 1.807) is 0 Å². The third kappa shape index (κ3) is 3.01. The van der Waals surface area contributed by atoms with Gasteiger partial charge in [0.15, 0.2) is 11.5 Å². The van der Waals surface area contributed by atoms with E-state index in [9.17, 15) is 24.9 Å². The molecule has 3 aliphatic rings. The summed E-state index contributed by atoms with van der Waals surface area (Å²) < 4.78 is 0. The van der Waals surface area contributed by atoms with Crippen LogP contribution in [0.5, 0.6) is 0 Å². The lowest BCUT2D eigenvalue weighted by molar-refractivity contribution is -0.125. The number of aliphatic hydroxyl groups excluding tert-OH is 3. The predicted molar refractivity (Wildman–Crippen MR) is 102 cm³/mol. The van der Waals surface area contributed by atoms with Crippen LogP contribution in [0, 0.1) is 22.7 Å². The first-order chi connectivity index (χ1) is 12.5. The van der Waals surface area contributed by atoms with Crippen LogP contribution in [0.2, 0.25) is 0 Å². The van der Waals surface area contributed by atoms with Crippen molar-refractivity contribution in [2.45, 2.75) is 59.0 Å². The van der Waals surface area contributed by atoms with Crippen molar-refractivity contribution in [2.24, 2.45) is 22.7 Å². The zero-order valence-electron chi connectivity index (χ0n) is 16.4. The molecule has 0 amide bonds. The van der Waals surface area contributed by atoms with Crippen molar-refractivity contribution in [3.8, 4) is 0 Å². The summed E-state index contributed by atoms with van der Waals surface area (Å²) >= 11 is 0. The first-order valence-electron chi connectivity index (χ1n) is 9.72. The van der Waals surface area contributed by atoms with Crippen molar-refractivity contribution in [3.05, 3.63) is 35.1 Å². The maximum Gasteiger partial charge on any atom is 0.226 e. The molecule has 0 spiro atoms. The highest BCUT2D eigenvalue weighted by atomic mass is 16.3. The number of hydrogen-bond acceptors (Lipinski definition) is 5. The highest BCUT2D eigenvalue weighted by molar-refractivity contribution is 6.21. The Morgan fingerprint density at radius 2 is 1.89 bits per heavy atom. The van der Waals surface area contributed by atoms with E-state index in [1.807, 2.05) is 0 Å². The van der Waals surface area contributed by atoms with Gasteiger partial charge in [-0.05, 0) is 60.8 Å². The van der Waals surface area contributed by atoms with E-state index >= 15 is 0 Å². The van der Waals surface area contributed by atoms with Crippen LogP contribution in [-0.4, -0.2) is 39.6 Å². The average Bonchev–Trinajstić information content (AvgIpc) is 2.60. The zero-order chi connectivity index (χ0) is 20.1. The molecule has 4 atom stereocenters. The number of hydrogen-bond donors (Lipinski definition) is 3. The maximum atomic E-state index is 12.5. The SMILES string of the molecule is C=C1CC[C@H]2C(C)(C)[C@H](O)CC[C@@]2(C)[C@H]1CC1=C(O)C(=O)C(CO)=CC1=O. The third-order valence-corrected chi connectivity index (χ3v) is 7.53. The Balaban J connectivity index is 1.96. The van der Waals surface area contributed by atoms with Gasteiger partial charge in [-0.25, -0.2) is 0 Å². The quantitative estimate of drug-likeness (QED) is 0.521. The van der Waals surface area contributed by atoms with Gasteiger partial charge in [-0.2, -0.15) is 0 Å². The Morgan fingerprint density at radius 1 is 1.22 bits per heavy atom. The Hall–Kier alpha value is -1.72. The zero-order valence-corrected chi connectivity index (χ0v) is 16.4. The topological polar surface area (TPSA) is 94.8 Å². The molecule has 0 heterocycles. The van der Waals surface area contributed by atoms with Crippen molar-refractivity contribution >= 4 is 11.6 Å². The van der Waals surface area contributed by atoms with Gasteiger partial charge < -0.3 is 15.3 Å².